The monoisotopic (exact) mass is 225 g/mol. The highest BCUT2D eigenvalue weighted by Gasteiger charge is 2.30. The van der Waals surface area contributed by atoms with E-state index in [9.17, 15) is 0 Å². The third kappa shape index (κ3) is 3.75. The zero-order valence-electron chi connectivity index (χ0n) is 10.6. The van der Waals surface area contributed by atoms with Crippen molar-refractivity contribution in [2.75, 3.05) is 33.8 Å². The first-order valence-corrected chi connectivity index (χ1v) is 5.98. The SMILES string of the molecule is CNC(C#N)CCN1CCCC(C)(OC)C1. The summed E-state index contributed by atoms with van der Waals surface area (Å²) >= 11 is 0. The summed E-state index contributed by atoms with van der Waals surface area (Å²) < 4.78 is 5.55. The Morgan fingerprint density at radius 1 is 1.62 bits per heavy atom. The van der Waals surface area contributed by atoms with Gasteiger partial charge < -0.3 is 15.0 Å². The van der Waals surface area contributed by atoms with Gasteiger partial charge in [0.25, 0.3) is 0 Å². The quantitative estimate of drug-likeness (QED) is 0.758. The Bertz CT molecular complexity index is 251. The lowest BCUT2D eigenvalue weighted by Gasteiger charge is -2.39. The summed E-state index contributed by atoms with van der Waals surface area (Å²) in [7, 11) is 3.62. The molecule has 0 aromatic rings. The van der Waals surface area contributed by atoms with E-state index < -0.39 is 0 Å². The number of rotatable bonds is 5. The van der Waals surface area contributed by atoms with E-state index in [2.05, 4.69) is 23.2 Å². The van der Waals surface area contributed by atoms with Gasteiger partial charge in [-0.25, -0.2) is 0 Å². The Hall–Kier alpha value is -0.630. The van der Waals surface area contributed by atoms with Gasteiger partial charge >= 0.3 is 0 Å². The second kappa shape index (κ2) is 6.19. The van der Waals surface area contributed by atoms with Gasteiger partial charge in [0.2, 0.25) is 0 Å². The minimum atomic E-state index is -0.0317. The number of methoxy groups -OCH3 is 1. The van der Waals surface area contributed by atoms with Gasteiger partial charge in [-0.15, -0.1) is 0 Å². The van der Waals surface area contributed by atoms with Crippen molar-refractivity contribution in [2.45, 2.75) is 37.8 Å². The molecule has 0 saturated carbocycles. The van der Waals surface area contributed by atoms with E-state index in [1.165, 1.54) is 6.42 Å². The second-order valence-corrected chi connectivity index (χ2v) is 4.79. The van der Waals surface area contributed by atoms with Crippen LogP contribution >= 0.6 is 0 Å². The molecule has 0 aromatic carbocycles. The third-order valence-corrected chi connectivity index (χ3v) is 3.47. The molecular formula is C12H23N3O. The average molecular weight is 225 g/mol. The van der Waals surface area contributed by atoms with Crippen LogP contribution in [-0.2, 0) is 4.74 Å². The molecule has 1 rings (SSSR count). The molecule has 0 aliphatic carbocycles. The van der Waals surface area contributed by atoms with E-state index in [4.69, 9.17) is 10.00 Å². The standard InChI is InChI=1S/C12H23N3O/c1-12(16-3)6-4-7-15(10-12)8-5-11(9-13)14-2/h11,14H,4-8,10H2,1-3H3. The summed E-state index contributed by atoms with van der Waals surface area (Å²) in [6, 6.07) is 2.23. The van der Waals surface area contributed by atoms with Crippen molar-refractivity contribution in [3.05, 3.63) is 0 Å². The Kier molecular flexibility index (Phi) is 5.20. The van der Waals surface area contributed by atoms with Gasteiger partial charge in [-0.3, -0.25) is 0 Å². The van der Waals surface area contributed by atoms with Crippen molar-refractivity contribution in [3.8, 4) is 6.07 Å². The molecule has 1 saturated heterocycles. The van der Waals surface area contributed by atoms with Gasteiger partial charge in [0.15, 0.2) is 0 Å². The van der Waals surface area contributed by atoms with Gasteiger partial charge in [-0.05, 0) is 39.8 Å². The third-order valence-electron chi connectivity index (χ3n) is 3.47. The summed E-state index contributed by atoms with van der Waals surface area (Å²) in [6.07, 6.45) is 3.20. The van der Waals surface area contributed by atoms with Crippen LogP contribution < -0.4 is 5.32 Å². The van der Waals surface area contributed by atoms with E-state index in [1.54, 1.807) is 7.11 Å². The van der Waals surface area contributed by atoms with Gasteiger partial charge in [-0.2, -0.15) is 5.26 Å². The number of nitrogens with one attached hydrogen (secondary N) is 1. The Balaban J connectivity index is 2.35. The predicted molar refractivity (Wildman–Crippen MR) is 64.2 cm³/mol. The Labute approximate surface area is 98.6 Å². The van der Waals surface area contributed by atoms with Crippen molar-refractivity contribution < 1.29 is 4.74 Å². The molecule has 0 amide bonds. The number of hydrogen-bond acceptors (Lipinski definition) is 4. The first kappa shape index (κ1) is 13.4. The molecule has 0 aromatic heterocycles. The van der Waals surface area contributed by atoms with Gasteiger partial charge in [-0.1, -0.05) is 0 Å². The maximum Gasteiger partial charge on any atom is 0.0962 e. The lowest BCUT2D eigenvalue weighted by molar-refractivity contribution is -0.0509. The zero-order valence-corrected chi connectivity index (χ0v) is 10.6. The molecule has 4 nitrogen and oxygen atoms in total. The van der Waals surface area contributed by atoms with Crippen molar-refractivity contribution >= 4 is 0 Å². The lowest BCUT2D eigenvalue weighted by Crippen LogP contribution is -2.48. The van der Waals surface area contributed by atoms with Crippen LogP contribution in [0.2, 0.25) is 0 Å². The molecular weight excluding hydrogens is 202 g/mol. The molecule has 1 N–H and O–H groups in total. The van der Waals surface area contributed by atoms with Gasteiger partial charge in [0.1, 0.15) is 0 Å². The van der Waals surface area contributed by atoms with Crippen molar-refractivity contribution in [1.29, 1.82) is 5.26 Å². The molecule has 0 spiro atoms. The minimum Gasteiger partial charge on any atom is -0.377 e. The second-order valence-electron chi connectivity index (χ2n) is 4.79. The molecule has 92 valence electrons. The highest BCUT2D eigenvalue weighted by molar-refractivity contribution is 4.90. The van der Waals surface area contributed by atoms with Crippen LogP contribution in [0.1, 0.15) is 26.2 Å². The van der Waals surface area contributed by atoms with Gasteiger partial charge in [0, 0.05) is 20.2 Å². The van der Waals surface area contributed by atoms with E-state index in [0.717, 1.165) is 32.5 Å². The smallest absolute Gasteiger partial charge is 0.0962 e. The van der Waals surface area contributed by atoms with Crippen LogP contribution in [0.25, 0.3) is 0 Å². The molecule has 0 bridgehead atoms. The number of piperidine rings is 1. The van der Waals surface area contributed by atoms with Crippen LogP contribution in [0.15, 0.2) is 0 Å². The largest absolute Gasteiger partial charge is 0.377 e. The molecule has 16 heavy (non-hydrogen) atoms. The van der Waals surface area contributed by atoms with E-state index in [1.807, 2.05) is 7.05 Å². The van der Waals surface area contributed by atoms with Crippen molar-refractivity contribution in [1.82, 2.24) is 10.2 Å². The van der Waals surface area contributed by atoms with Crippen LogP contribution in [0.3, 0.4) is 0 Å². The molecule has 1 heterocycles. The van der Waals surface area contributed by atoms with E-state index >= 15 is 0 Å². The van der Waals surface area contributed by atoms with E-state index in [-0.39, 0.29) is 11.6 Å². The highest BCUT2D eigenvalue weighted by Crippen LogP contribution is 2.23. The predicted octanol–water partition coefficient (Wildman–Crippen LogP) is 0.989. The fraction of sp³-hybridized carbons (Fsp3) is 0.917. The topological polar surface area (TPSA) is 48.3 Å². The van der Waals surface area contributed by atoms with Gasteiger partial charge in [0.05, 0.1) is 17.7 Å². The molecule has 1 aliphatic heterocycles. The Morgan fingerprint density at radius 2 is 2.38 bits per heavy atom. The molecule has 2 unspecified atom stereocenters. The molecule has 2 atom stereocenters. The summed E-state index contributed by atoms with van der Waals surface area (Å²) in [5.74, 6) is 0. The Morgan fingerprint density at radius 3 is 2.94 bits per heavy atom. The van der Waals surface area contributed by atoms with Crippen molar-refractivity contribution in [2.24, 2.45) is 0 Å². The zero-order chi connectivity index (χ0) is 12.0. The summed E-state index contributed by atoms with van der Waals surface area (Å²) in [6.45, 7) is 5.24. The van der Waals surface area contributed by atoms with Crippen LogP contribution in [0, 0.1) is 11.3 Å². The summed E-state index contributed by atoms with van der Waals surface area (Å²) in [4.78, 5) is 2.40. The number of nitriles is 1. The average Bonchev–Trinajstić information content (AvgIpc) is 2.31. The van der Waals surface area contributed by atoms with Crippen LogP contribution in [-0.4, -0.2) is 50.3 Å². The fourth-order valence-corrected chi connectivity index (χ4v) is 2.25. The van der Waals surface area contributed by atoms with Crippen molar-refractivity contribution in [3.63, 3.8) is 0 Å². The number of hydrogen-bond donors (Lipinski definition) is 1. The number of likely N-dealkylation sites (tertiary alicyclic amines) is 1. The highest BCUT2D eigenvalue weighted by atomic mass is 16.5. The molecule has 1 aliphatic rings. The maximum atomic E-state index is 8.85. The van der Waals surface area contributed by atoms with Crippen LogP contribution in [0.5, 0.6) is 0 Å². The maximum absolute atomic E-state index is 8.85. The normalized spacial score (nSPS) is 28.6. The summed E-state index contributed by atoms with van der Waals surface area (Å²) in [5, 5.41) is 11.9. The molecule has 4 heteroatoms. The van der Waals surface area contributed by atoms with E-state index in [0.29, 0.717) is 0 Å². The fourth-order valence-electron chi connectivity index (χ4n) is 2.25. The number of nitrogens with zero attached hydrogens (tertiary/aromatic N) is 2. The lowest BCUT2D eigenvalue weighted by atomic mass is 9.94. The van der Waals surface area contributed by atoms with Crippen LogP contribution in [0.4, 0.5) is 0 Å². The molecule has 1 fully saturated rings. The molecule has 0 radical (unpaired) electrons. The minimum absolute atomic E-state index is 0.0000328. The number of ether oxygens (including phenoxy) is 1. The first-order chi connectivity index (χ1) is 7.63. The summed E-state index contributed by atoms with van der Waals surface area (Å²) in [5.41, 5.74) is 0.0000328. The first-order valence-electron chi connectivity index (χ1n) is 5.98.